The second-order valence-corrected chi connectivity index (χ2v) is 37.5. The van der Waals surface area contributed by atoms with Gasteiger partial charge in [0.05, 0.1) is 45.3 Å². The fourth-order valence-electron chi connectivity index (χ4n) is 21.2. The highest BCUT2D eigenvalue weighted by Crippen LogP contribution is 2.70. The molecule has 2 bridgehead atoms. The number of unbranched alkanes of at least 4 members (excludes halogenated alkanes) is 3. The molecule has 105 heavy (non-hydrogen) atoms. The minimum atomic E-state index is -2.16. The van der Waals surface area contributed by atoms with Crippen molar-refractivity contribution in [2.24, 2.45) is 17.3 Å². The number of nitrogens with zero attached hydrogens (tertiary/aromatic N) is 6. The molecule has 6 aromatic rings. The van der Waals surface area contributed by atoms with Gasteiger partial charge in [-0.2, -0.15) is 4.98 Å². The van der Waals surface area contributed by atoms with Crippen LogP contribution in [-0.4, -0.2) is 180 Å². The maximum absolute atomic E-state index is 15.5. The Morgan fingerprint density at radius 3 is 2.27 bits per heavy atom. The summed E-state index contributed by atoms with van der Waals surface area (Å²) in [5, 5.41) is 34.1. The fourth-order valence-corrected chi connectivity index (χ4v) is 27.1. The van der Waals surface area contributed by atoms with Crippen LogP contribution in [0.1, 0.15) is 193 Å². The van der Waals surface area contributed by atoms with E-state index in [1.165, 1.54) is 78.0 Å². The lowest BCUT2D eigenvalue weighted by molar-refractivity contribution is -0.197. The number of hydrogen-bond acceptors (Lipinski definition) is 18. The first kappa shape index (κ1) is 76.0. The molecule has 1 amide bonds. The summed E-state index contributed by atoms with van der Waals surface area (Å²) < 4.78 is 17.8. The number of aromatic nitrogens is 5. The molecule has 3 aromatic heterocycles. The van der Waals surface area contributed by atoms with E-state index in [1.54, 1.807) is 24.3 Å². The van der Waals surface area contributed by atoms with Crippen molar-refractivity contribution in [3.8, 4) is 0 Å². The van der Waals surface area contributed by atoms with E-state index in [0.29, 0.717) is 108 Å². The third kappa shape index (κ3) is 15.3. The number of carbonyl (C=O) groups excluding carboxylic acids is 4. The molecule has 3 saturated heterocycles. The van der Waals surface area contributed by atoms with Gasteiger partial charge in [-0.05, 0) is 174 Å². The van der Waals surface area contributed by atoms with Crippen LogP contribution in [-0.2, 0) is 52.4 Å². The predicted molar refractivity (Wildman–Crippen MR) is 415 cm³/mol. The number of ketones is 2. The number of anilines is 3. The van der Waals surface area contributed by atoms with Crippen LogP contribution in [0.15, 0.2) is 83.8 Å². The summed E-state index contributed by atoms with van der Waals surface area (Å²) in [7, 11) is 1.49. The first-order valence-corrected chi connectivity index (χ1v) is 42.5. The van der Waals surface area contributed by atoms with Crippen molar-refractivity contribution in [3.05, 3.63) is 129 Å². The van der Waals surface area contributed by atoms with Gasteiger partial charge in [0.15, 0.2) is 16.8 Å². The van der Waals surface area contributed by atoms with Gasteiger partial charge in [-0.1, -0.05) is 94.1 Å². The van der Waals surface area contributed by atoms with Gasteiger partial charge in [0.1, 0.15) is 11.6 Å². The monoisotopic (exact) mass is 1450 g/mol. The Morgan fingerprint density at radius 1 is 0.810 bits per heavy atom. The number of nitrogen functional groups attached to an aromatic ring is 1. The molecule has 1 saturated carbocycles. The summed E-state index contributed by atoms with van der Waals surface area (Å²) in [6.45, 7) is 16.6. The maximum Gasteiger partial charge on any atom is 0.340 e. The summed E-state index contributed by atoms with van der Waals surface area (Å²) in [5.41, 5.74) is 11.8. The van der Waals surface area contributed by atoms with E-state index in [-0.39, 0.29) is 46.7 Å². The van der Waals surface area contributed by atoms with Crippen molar-refractivity contribution >= 4 is 70.9 Å². The normalized spacial score (nSPS) is 27.4. The second-order valence-electron chi connectivity index (χ2n) is 32.6. The molecule has 6 aliphatic heterocycles. The topological polar surface area (TPSA) is 284 Å². The molecule has 0 radical (unpaired) electrons. The minimum Gasteiger partial charge on any atom is -0.467 e. The molecule has 7 aliphatic rings. The predicted octanol–water partition coefficient (Wildman–Crippen LogP) is 12.0. The van der Waals surface area contributed by atoms with Gasteiger partial charge < -0.3 is 50.7 Å². The van der Waals surface area contributed by atoms with Gasteiger partial charge in [0.25, 0.3) is 11.5 Å². The number of piperidine rings is 1. The molecule has 2 unspecified atom stereocenters. The lowest BCUT2D eigenvalue weighted by atomic mass is 9.45. The summed E-state index contributed by atoms with van der Waals surface area (Å²) in [5.74, 6) is -0.383. The number of likely N-dealkylation sites (N-methyl/N-ethyl adjacent to an activating group) is 1. The van der Waals surface area contributed by atoms with E-state index < -0.39 is 53.1 Å². The van der Waals surface area contributed by atoms with Crippen molar-refractivity contribution in [2.45, 2.75) is 227 Å². The zero-order valence-corrected chi connectivity index (χ0v) is 64.2. The number of hydrogen-bond donors (Lipinski definition) is 7. The largest absolute Gasteiger partial charge is 0.467 e. The van der Waals surface area contributed by atoms with Gasteiger partial charge in [-0.25, -0.2) is 14.8 Å². The van der Waals surface area contributed by atoms with E-state index in [2.05, 4.69) is 134 Å². The third-order valence-corrected chi connectivity index (χ3v) is 31.5. The van der Waals surface area contributed by atoms with Crippen LogP contribution in [0, 0.1) is 24.2 Å². The number of benzene rings is 3. The van der Waals surface area contributed by atoms with Gasteiger partial charge >= 0.3 is 5.97 Å². The average molecular weight is 1450 g/mol. The molecule has 13 rings (SSSR count). The fraction of sp³-hybridized carbons (Fsp3) is 0.614. The molecule has 22 heteroatoms. The molecule has 3 aromatic carbocycles. The number of aryl methyl sites for hydroxylation is 1. The average Bonchev–Trinajstić information content (AvgIpc) is 1.50. The van der Waals surface area contributed by atoms with Gasteiger partial charge in [-0.15, -0.1) is 0 Å². The SMILES string of the molecule is CC[C@]1(O)CC2CN(CCc3c([nH]c4ccccc34)[C@@](C)(c3cc4c(cc3C)N(C)[C@H]3[C@@](O)(C(=O)OC)[C@H](C[Si]5(CCCCC(=O)CCCOCCCCCOCCCC(=O)CCCNC(=O)c6ccc(NCc7cnc8nc(N)[nH]c(=O)c8n7)cc6)CCCCC5)[C@]5(CC)C=CCN6CC[C@]43[C@@H]65)C2)C1. The Labute approximate surface area is 620 Å². The van der Waals surface area contributed by atoms with Crippen LogP contribution >= 0.6 is 0 Å². The summed E-state index contributed by atoms with van der Waals surface area (Å²) >= 11 is 0. The highest BCUT2D eigenvalue weighted by molar-refractivity contribution is 6.80. The summed E-state index contributed by atoms with van der Waals surface area (Å²) in [6.07, 6.45) is 23.3. The maximum atomic E-state index is 15.5. The van der Waals surface area contributed by atoms with Crippen molar-refractivity contribution in [1.82, 2.24) is 40.0 Å². The van der Waals surface area contributed by atoms with Crippen LogP contribution in [0.4, 0.5) is 17.3 Å². The number of rotatable bonds is 33. The van der Waals surface area contributed by atoms with E-state index in [1.807, 2.05) is 0 Å². The number of nitrogens with two attached hydrogens (primary N) is 1. The number of para-hydroxylation sites is 1. The number of methoxy groups -OCH3 is 1. The quantitative estimate of drug-likeness (QED) is 0.00872. The van der Waals surface area contributed by atoms with E-state index >= 15 is 4.79 Å². The zero-order chi connectivity index (χ0) is 73.7. The molecule has 1 spiro atoms. The zero-order valence-electron chi connectivity index (χ0n) is 63.2. The molecule has 566 valence electrons. The lowest BCUT2D eigenvalue weighted by Gasteiger charge is -2.65. The highest BCUT2D eigenvalue weighted by Gasteiger charge is 2.79. The molecule has 10 atom stereocenters. The van der Waals surface area contributed by atoms with Crippen molar-refractivity contribution < 1.29 is 43.6 Å². The van der Waals surface area contributed by atoms with Gasteiger partial charge in [-0.3, -0.25) is 34.0 Å². The number of carbonyl (C=O) groups is 4. The molecule has 1 aliphatic carbocycles. The highest BCUT2D eigenvalue weighted by atomic mass is 28.3. The number of H-pyrrole nitrogens is 2. The van der Waals surface area contributed by atoms with Crippen LogP contribution in [0.2, 0.25) is 24.2 Å². The Balaban J connectivity index is 0.557. The lowest BCUT2D eigenvalue weighted by Crippen LogP contribution is -2.79. The standard InChI is InChI=1S/C83H115N11O10Si/c1-7-80(100)50-57-49-79(4,71-64(33-38-93(53-57)55-80)63-27-11-12-28-67(63)89-71)65-48-66-68(47-56(65)3)92(5)76-82(66)35-39-94-37-22-34-81(8-2,75(82)94)69(83(76,101)77(99)102-6)54-105(44-16-10-17-45-105)46-18-13-23-61(95)25-20-42-103-40-14-9-15-41-104-43-21-26-62(96)24-19-36-85-73(97)58-29-31-59(32-30-58)86-51-60-52-87-72-70(88-60)74(98)91-78(84)90-72/h11-12,22,27-32,34,47-48,52,57,69,75-76,86,89,100-101H,7-10,13-21,23-26,33,35-46,49-51,53-55H2,1-6H3,(H,85,97)(H3,84,87,90,91,98)/t57?,69-,75+,76-,79-,80+,81+,82-,83-/m1/s1. The van der Waals surface area contributed by atoms with E-state index in [4.69, 9.17) is 19.9 Å². The molecule has 9 heterocycles. The molecular formula is C83H115N11O10Si. The van der Waals surface area contributed by atoms with Crippen LogP contribution in [0.5, 0.6) is 0 Å². The molecule has 4 fully saturated rings. The molecule has 8 N–H and O–H groups in total. The Hall–Kier alpha value is -7.18. The number of fused-ring (bicyclic) bond motifs is 7. The summed E-state index contributed by atoms with van der Waals surface area (Å²) in [6, 6.07) is 24.6. The number of amides is 1. The number of nitrogens with one attached hydrogen (secondary N) is 4. The Kier molecular flexibility index (Phi) is 23.4. The first-order chi connectivity index (χ1) is 50.7. The van der Waals surface area contributed by atoms with E-state index in [9.17, 15) is 29.4 Å². The number of esters is 1. The number of aliphatic hydroxyl groups is 2. The van der Waals surface area contributed by atoms with Gasteiger partial charge in [0.2, 0.25) is 5.95 Å². The Morgan fingerprint density at radius 2 is 1.53 bits per heavy atom. The smallest absolute Gasteiger partial charge is 0.340 e. The molecular weight excluding hydrogens is 1340 g/mol. The van der Waals surface area contributed by atoms with Crippen molar-refractivity contribution in [1.29, 1.82) is 0 Å². The summed E-state index contributed by atoms with van der Waals surface area (Å²) in [4.78, 5) is 93.1. The minimum absolute atomic E-state index is 0.0223. The van der Waals surface area contributed by atoms with Crippen molar-refractivity contribution in [2.75, 3.05) is 95.8 Å². The van der Waals surface area contributed by atoms with E-state index in [0.717, 1.165) is 126 Å². The molecule has 21 nitrogen and oxygen atoms in total. The second kappa shape index (κ2) is 32.3. The van der Waals surface area contributed by atoms with Crippen LogP contribution in [0.3, 0.4) is 0 Å². The van der Waals surface area contributed by atoms with Gasteiger partial charge in [0, 0.05) is 154 Å². The number of ether oxygens (including phenoxy) is 3. The number of Topliss-reactive ketones (excluding diaryl/α,β-unsaturated/α-hetero) is 2. The first-order valence-electron chi connectivity index (χ1n) is 39.7. The van der Waals surface area contributed by atoms with Crippen molar-refractivity contribution in [3.63, 3.8) is 0 Å². The number of aromatic amines is 2. The Bertz CT molecular complexity index is 4200. The van der Waals surface area contributed by atoms with Crippen LogP contribution in [0.25, 0.3) is 22.1 Å². The third-order valence-electron chi connectivity index (χ3n) is 26.0. The van der Waals surface area contributed by atoms with Crippen LogP contribution < -0.4 is 26.8 Å².